The first-order valence-corrected chi connectivity index (χ1v) is 8.19. The molecular formula is C20H34O. The summed E-state index contributed by atoms with van der Waals surface area (Å²) >= 11 is 0. The Kier molecular flexibility index (Phi) is 5.66. The van der Waals surface area contributed by atoms with Crippen molar-refractivity contribution in [1.29, 1.82) is 0 Å². The Morgan fingerprint density at radius 1 is 0.952 bits per heavy atom. The molecule has 0 bridgehead atoms. The highest BCUT2D eigenvalue weighted by Crippen LogP contribution is 2.28. The molecule has 1 heteroatoms. The molecule has 21 heavy (non-hydrogen) atoms. The Hall–Kier alpha value is -0.820. The molecular weight excluding hydrogens is 256 g/mol. The first-order chi connectivity index (χ1) is 9.40. The van der Waals surface area contributed by atoms with Crippen LogP contribution in [-0.2, 0) is 11.8 Å². The van der Waals surface area contributed by atoms with Gasteiger partial charge in [-0.25, -0.2) is 0 Å². The Morgan fingerprint density at radius 2 is 1.43 bits per heavy atom. The van der Waals surface area contributed by atoms with E-state index in [4.69, 9.17) is 0 Å². The van der Waals surface area contributed by atoms with Crippen LogP contribution in [0.5, 0.6) is 0 Å². The van der Waals surface area contributed by atoms with Crippen molar-refractivity contribution in [2.75, 3.05) is 0 Å². The van der Waals surface area contributed by atoms with Gasteiger partial charge in [0.2, 0.25) is 0 Å². The van der Waals surface area contributed by atoms with Crippen molar-refractivity contribution in [3.05, 3.63) is 34.4 Å². The van der Waals surface area contributed by atoms with Gasteiger partial charge in [0.05, 0.1) is 6.10 Å². The van der Waals surface area contributed by atoms with Crippen LogP contribution in [0.3, 0.4) is 0 Å². The third kappa shape index (κ3) is 5.82. The molecule has 120 valence electrons. The maximum absolute atomic E-state index is 10.3. The van der Waals surface area contributed by atoms with Crippen molar-refractivity contribution in [2.45, 2.75) is 86.2 Å². The van der Waals surface area contributed by atoms with Gasteiger partial charge >= 0.3 is 0 Å². The second-order valence-corrected chi connectivity index (χ2v) is 8.80. The van der Waals surface area contributed by atoms with Gasteiger partial charge in [0.25, 0.3) is 0 Å². The summed E-state index contributed by atoms with van der Waals surface area (Å²) < 4.78 is 0. The molecule has 0 spiro atoms. The first kappa shape index (κ1) is 18.2. The van der Waals surface area contributed by atoms with Gasteiger partial charge < -0.3 is 5.11 Å². The van der Waals surface area contributed by atoms with Crippen LogP contribution in [0.4, 0.5) is 0 Å². The molecule has 0 aliphatic heterocycles. The molecule has 0 aliphatic carbocycles. The topological polar surface area (TPSA) is 20.2 Å². The van der Waals surface area contributed by atoms with E-state index in [0.29, 0.717) is 5.41 Å². The zero-order chi connectivity index (χ0) is 16.4. The highest BCUT2D eigenvalue weighted by atomic mass is 16.3. The average molecular weight is 290 g/mol. The largest absolute Gasteiger partial charge is 0.393 e. The van der Waals surface area contributed by atoms with Crippen molar-refractivity contribution in [1.82, 2.24) is 0 Å². The van der Waals surface area contributed by atoms with Crippen molar-refractivity contribution in [3.8, 4) is 0 Å². The summed E-state index contributed by atoms with van der Waals surface area (Å²) in [7, 11) is 0. The number of benzene rings is 1. The molecule has 1 aromatic rings. The Morgan fingerprint density at radius 3 is 1.81 bits per heavy atom. The normalized spacial score (nSPS) is 14.3. The lowest BCUT2D eigenvalue weighted by Crippen LogP contribution is -2.17. The minimum Gasteiger partial charge on any atom is -0.393 e. The highest BCUT2D eigenvalue weighted by Gasteiger charge is 2.19. The van der Waals surface area contributed by atoms with Crippen molar-refractivity contribution >= 4 is 0 Å². The molecule has 0 aliphatic rings. The van der Waals surface area contributed by atoms with E-state index in [1.807, 2.05) is 0 Å². The third-order valence-corrected chi connectivity index (χ3v) is 4.23. The van der Waals surface area contributed by atoms with Gasteiger partial charge in [-0.1, -0.05) is 53.7 Å². The lowest BCUT2D eigenvalue weighted by molar-refractivity contribution is 0.145. The van der Waals surface area contributed by atoms with E-state index in [2.05, 4.69) is 67.5 Å². The smallest absolute Gasteiger partial charge is 0.0581 e. The summed E-state index contributed by atoms with van der Waals surface area (Å²) in [4.78, 5) is 0. The van der Waals surface area contributed by atoms with Gasteiger partial charge in [0.1, 0.15) is 0 Å². The number of rotatable bonds is 4. The van der Waals surface area contributed by atoms with Crippen LogP contribution in [0, 0.1) is 19.3 Å². The molecule has 0 heterocycles. The maximum Gasteiger partial charge on any atom is 0.0581 e. The SMILES string of the molecule is Cc1cc(C(C)(C)C)cc(C)c1CC(O)CCC(C)(C)C. The molecule has 0 saturated carbocycles. The van der Waals surface area contributed by atoms with Crippen LogP contribution in [0.15, 0.2) is 12.1 Å². The zero-order valence-electron chi connectivity index (χ0n) is 15.3. The van der Waals surface area contributed by atoms with Crippen molar-refractivity contribution in [3.63, 3.8) is 0 Å². The van der Waals surface area contributed by atoms with E-state index < -0.39 is 0 Å². The second kappa shape index (κ2) is 6.52. The van der Waals surface area contributed by atoms with Crippen molar-refractivity contribution in [2.24, 2.45) is 5.41 Å². The number of hydrogen-bond donors (Lipinski definition) is 1. The number of aliphatic hydroxyl groups excluding tert-OH is 1. The lowest BCUT2D eigenvalue weighted by Gasteiger charge is -2.24. The van der Waals surface area contributed by atoms with Gasteiger partial charge in [-0.3, -0.25) is 0 Å². The second-order valence-electron chi connectivity index (χ2n) is 8.80. The first-order valence-electron chi connectivity index (χ1n) is 8.19. The number of aryl methyl sites for hydroxylation is 2. The predicted octanol–water partition coefficient (Wildman–Crippen LogP) is 5.33. The molecule has 0 fully saturated rings. The van der Waals surface area contributed by atoms with Crippen molar-refractivity contribution < 1.29 is 5.11 Å². The molecule has 1 aromatic carbocycles. The molecule has 1 unspecified atom stereocenters. The highest BCUT2D eigenvalue weighted by molar-refractivity contribution is 5.40. The Balaban J connectivity index is 2.85. The number of aliphatic hydroxyl groups is 1. The fourth-order valence-electron chi connectivity index (χ4n) is 2.69. The van der Waals surface area contributed by atoms with Gasteiger partial charge in [0.15, 0.2) is 0 Å². The van der Waals surface area contributed by atoms with E-state index >= 15 is 0 Å². The van der Waals surface area contributed by atoms with Crippen LogP contribution in [0.25, 0.3) is 0 Å². The fourth-order valence-corrected chi connectivity index (χ4v) is 2.69. The summed E-state index contributed by atoms with van der Waals surface area (Å²) in [6.07, 6.45) is 2.48. The van der Waals surface area contributed by atoms with E-state index in [0.717, 1.165) is 19.3 Å². The monoisotopic (exact) mass is 290 g/mol. The molecule has 1 atom stereocenters. The molecule has 0 amide bonds. The van der Waals surface area contributed by atoms with Crippen LogP contribution in [0.2, 0.25) is 0 Å². The Labute approximate surface area is 131 Å². The molecule has 0 aromatic heterocycles. The van der Waals surface area contributed by atoms with Gasteiger partial charge in [-0.15, -0.1) is 0 Å². The fraction of sp³-hybridized carbons (Fsp3) is 0.700. The van der Waals surface area contributed by atoms with E-state index in [9.17, 15) is 5.11 Å². The van der Waals surface area contributed by atoms with E-state index in [-0.39, 0.29) is 11.5 Å². The molecule has 1 N–H and O–H groups in total. The predicted molar refractivity (Wildman–Crippen MR) is 93.0 cm³/mol. The molecule has 0 radical (unpaired) electrons. The van der Waals surface area contributed by atoms with Crippen LogP contribution in [0.1, 0.15) is 76.6 Å². The standard InChI is InChI=1S/C20H34O/c1-14-11-16(20(6,7)8)12-15(2)18(14)13-17(21)9-10-19(3,4)5/h11-12,17,21H,9-10,13H2,1-8H3. The Bertz CT molecular complexity index is 449. The minimum absolute atomic E-state index is 0.179. The summed E-state index contributed by atoms with van der Waals surface area (Å²) in [5, 5.41) is 10.3. The van der Waals surface area contributed by atoms with Crippen LogP contribution >= 0.6 is 0 Å². The molecule has 1 rings (SSSR count). The van der Waals surface area contributed by atoms with Crippen LogP contribution < -0.4 is 0 Å². The average Bonchev–Trinajstić information content (AvgIpc) is 2.29. The maximum atomic E-state index is 10.3. The lowest BCUT2D eigenvalue weighted by atomic mass is 9.82. The van der Waals surface area contributed by atoms with Crippen LogP contribution in [-0.4, -0.2) is 11.2 Å². The minimum atomic E-state index is -0.234. The zero-order valence-corrected chi connectivity index (χ0v) is 15.3. The molecule has 1 nitrogen and oxygen atoms in total. The summed E-state index contributed by atoms with van der Waals surface area (Å²) in [6.45, 7) is 17.8. The summed E-state index contributed by atoms with van der Waals surface area (Å²) in [6, 6.07) is 4.58. The molecule has 0 saturated heterocycles. The van der Waals surface area contributed by atoms with E-state index in [1.165, 1.54) is 22.3 Å². The quantitative estimate of drug-likeness (QED) is 0.794. The van der Waals surface area contributed by atoms with E-state index in [1.54, 1.807) is 0 Å². The third-order valence-electron chi connectivity index (χ3n) is 4.23. The van der Waals surface area contributed by atoms with Gasteiger partial charge in [-0.2, -0.15) is 0 Å². The summed E-state index contributed by atoms with van der Waals surface area (Å²) in [5.74, 6) is 0. The summed E-state index contributed by atoms with van der Waals surface area (Å²) in [5.41, 5.74) is 5.80. The van der Waals surface area contributed by atoms with Gasteiger partial charge in [0, 0.05) is 0 Å². The van der Waals surface area contributed by atoms with Gasteiger partial charge in [-0.05, 0) is 66.2 Å². The number of hydrogen-bond acceptors (Lipinski definition) is 1.